The van der Waals surface area contributed by atoms with Gasteiger partial charge in [-0.3, -0.25) is 4.79 Å². The number of thioether (sulfide) groups is 1. The zero-order valence-electron chi connectivity index (χ0n) is 12.3. The average molecular weight is 292 g/mol. The van der Waals surface area contributed by atoms with Gasteiger partial charge in [-0.05, 0) is 51.0 Å². The van der Waals surface area contributed by atoms with Gasteiger partial charge in [-0.1, -0.05) is 12.8 Å². The normalized spacial score (nSPS) is 16.4. The Labute approximate surface area is 125 Å². The summed E-state index contributed by atoms with van der Waals surface area (Å²) < 4.78 is 0. The number of hydrogen-bond acceptors (Lipinski definition) is 3. The van der Waals surface area contributed by atoms with Crippen molar-refractivity contribution in [2.24, 2.45) is 11.1 Å². The number of nitrogens with one attached hydrogen (secondary N) is 1. The molecule has 4 heteroatoms. The molecule has 2 rings (SSSR count). The molecule has 1 fully saturated rings. The molecule has 1 amide bonds. The van der Waals surface area contributed by atoms with E-state index in [1.54, 1.807) is 0 Å². The van der Waals surface area contributed by atoms with Gasteiger partial charge in [-0.2, -0.15) is 0 Å². The molecule has 3 N–H and O–H groups in total. The molecule has 0 aliphatic heterocycles. The first-order chi connectivity index (χ1) is 9.51. The van der Waals surface area contributed by atoms with Gasteiger partial charge in [0, 0.05) is 22.4 Å². The van der Waals surface area contributed by atoms with Crippen molar-refractivity contribution >= 4 is 23.4 Å². The second kappa shape index (κ2) is 6.64. The van der Waals surface area contributed by atoms with E-state index in [0.29, 0.717) is 6.54 Å². The Morgan fingerprint density at radius 3 is 2.45 bits per heavy atom. The summed E-state index contributed by atoms with van der Waals surface area (Å²) in [4.78, 5) is 13.3. The van der Waals surface area contributed by atoms with Gasteiger partial charge in [-0.15, -0.1) is 11.8 Å². The van der Waals surface area contributed by atoms with Crippen LogP contribution in [0.25, 0.3) is 0 Å². The number of rotatable bonds is 5. The van der Waals surface area contributed by atoms with Crippen LogP contribution < -0.4 is 11.1 Å². The van der Waals surface area contributed by atoms with Crippen LogP contribution in [-0.2, 0) is 4.79 Å². The van der Waals surface area contributed by atoms with Crippen molar-refractivity contribution in [2.45, 2.75) is 49.7 Å². The van der Waals surface area contributed by atoms with E-state index in [0.717, 1.165) is 10.9 Å². The maximum atomic E-state index is 12.0. The van der Waals surface area contributed by atoms with Gasteiger partial charge < -0.3 is 11.1 Å². The van der Waals surface area contributed by atoms with Crippen LogP contribution in [0.3, 0.4) is 0 Å². The van der Waals surface area contributed by atoms with Gasteiger partial charge in [0.25, 0.3) is 0 Å². The molecule has 0 heterocycles. The third kappa shape index (κ3) is 4.00. The van der Waals surface area contributed by atoms with Crippen LogP contribution in [0.5, 0.6) is 0 Å². The number of anilines is 1. The van der Waals surface area contributed by atoms with E-state index in [9.17, 15) is 4.79 Å². The monoisotopic (exact) mass is 292 g/mol. The van der Waals surface area contributed by atoms with E-state index in [1.807, 2.05) is 37.7 Å². The molecule has 1 aliphatic rings. The number of carbonyl (C=O) groups is 1. The first-order valence-corrected chi connectivity index (χ1v) is 8.17. The summed E-state index contributed by atoms with van der Waals surface area (Å²) in [5, 5.41) is 3.70. The van der Waals surface area contributed by atoms with Gasteiger partial charge in [-0.25, -0.2) is 0 Å². The highest BCUT2D eigenvalue weighted by Gasteiger charge is 2.25. The zero-order valence-corrected chi connectivity index (χ0v) is 13.1. The maximum absolute atomic E-state index is 12.0. The standard InChI is InChI=1S/C16H24N2OS/c1-16(2,11-17)15(19)18-12-7-9-14(10-8-12)20-13-5-3-4-6-13/h7-10,13H,3-6,11,17H2,1-2H3,(H,18,19). The van der Waals surface area contributed by atoms with Gasteiger partial charge in [0.15, 0.2) is 0 Å². The minimum atomic E-state index is -0.530. The molecular weight excluding hydrogens is 268 g/mol. The van der Waals surface area contributed by atoms with Crippen LogP contribution in [0.15, 0.2) is 29.2 Å². The Morgan fingerprint density at radius 1 is 1.30 bits per heavy atom. The lowest BCUT2D eigenvalue weighted by Gasteiger charge is -2.21. The molecule has 0 aromatic heterocycles. The van der Waals surface area contributed by atoms with E-state index in [2.05, 4.69) is 17.4 Å². The number of carbonyl (C=O) groups excluding carboxylic acids is 1. The summed E-state index contributed by atoms with van der Waals surface area (Å²) in [7, 11) is 0. The highest BCUT2D eigenvalue weighted by Crippen LogP contribution is 2.35. The third-order valence-electron chi connectivity index (χ3n) is 3.84. The van der Waals surface area contributed by atoms with E-state index in [1.165, 1.54) is 30.6 Å². The minimum absolute atomic E-state index is 0.0313. The number of amides is 1. The molecule has 0 spiro atoms. The van der Waals surface area contributed by atoms with Crippen molar-refractivity contribution in [2.75, 3.05) is 11.9 Å². The summed E-state index contributed by atoms with van der Waals surface area (Å²) in [6, 6.07) is 8.13. The second-order valence-electron chi connectivity index (χ2n) is 6.09. The predicted octanol–water partition coefficient (Wildman–Crippen LogP) is 3.64. The first kappa shape index (κ1) is 15.4. The van der Waals surface area contributed by atoms with Crippen molar-refractivity contribution in [1.29, 1.82) is 0 Å². The molecule has 110 valence electrons. The Balaban J connectivity index is 1.92. The average Bonchev–Trinajstić information content (AvgIpc) is 2.94. The van der Waals surface area contributed by atoms with E-state index >= 15 is 0 Å². The molecule has 1 saturated carbocycles. The van der Waals surface area contributed by atoms with Gasteiger partial charge in [0.1, 0.15) is 0 Å². The lowest BCUT2D eigenvalue weighted by Crippen LogP contribution is -2.37. The largest absolute Gasteiger partial charge is 0.329 e. The molecule has 3 nitrogen and oxygen atoms in total. The number of benzene rings is 1. The van der Waals surface area contributed by atoms with Crippen molar-refractivity contribution in [3.8, 4) is 0 Å². The predicted molar refractivity (Wildman–Crippen MR) is 86.0 cm³/mol. The Kier molecular flexibility index (Phi) is 5.11. The highest BCUT2D eigenvalue weighted by molar-refractivity contribution is 8.00. The summed E-state index contributed by atoms with van der Waals surface area (Å²) >= 11 is 1.96. The summed E-state index contributed by atoms with van der Waals surface area (Å²) in [5.74, 6) is -0.0313. The van der Waals surface area contributed by atoms with Gasteiger partial charge >= 0.3 is 0 Å². The van der Waals surface area contributed by atoms with Crippen LogP contribution in [0.1, 0.15) is 39.5 Å². The second-order valence-corrected chi connectivity index (χ2v) is 7.46. The fourth-order valence-electron chi connectivity index (χ4n) is 2.21. The Morgan fingerprint density at radius 2 is 1.90 bits per heavy atom. The van der Waals surface area contributed by atoms with Crippen LogP contribution in [0, 0.1) is 5.41 Å². The molecule has 0 unspecified atom stereocenters. The van der Waals surface area contributed by atoms with Gasteiger partial charge in [0.2, 0.25) is 5.91 Å². The highest BCUT2D eigenvalue weighted by atomic mass is 32.2. The molecular formula is C16H24N2OS. The summed E-state index contributed by atoms with van der Waals surface area (Å²) in [6.45, 7) is 4.05. The molecule has 1 aromatic rings. The van der Waals surface area contributed by atoms with Crippen molar-refractivity contribution < 1.29 is 4.79 Å². The van der Waals surface area contributed by atoms with Crippen molar-refractivity contribution in [3.05, 3.63) is 24.3 Å². The molecule has 0 radical (unpaired) electrons. The molecule has 0 saturated heterocycles. The van der Waals surface area contributed by atoms with E-state index in [4.69, 9.17) is 5.73 Å². The fourth-order valence-corrected chi connectivity index (χ4v) is 3.46. The molecule has 20 heavy (non-hydrogen) atoms. The topological polar surface area (TPSA) is 55.1 Å². The first-order valence-electron chi connectivity index (χ1n) is 7.29. The maximum Gasteiger partial charge on any atom is 0.231 e. The zero-order chi connectivity index (χ0) is 14.6. The van der Waals surface area contributed by atoms with E-state index in [-0.39, 0.29) is 5.91 Å². The third-order valence-corrected chi connectivity index (χ3v) is 5.19. The van der Waals surface area contributed by atoms with Crippen molar-refractivity contribution in [3.63, 3.8) is 0 Å². The van der Waals surface area contributed by atoms with Crippen LogP contribution in [0.4, 0.5) is 5.69 Å². The quantitative estimate of drug-likeness (QED) is 0.871. The van der Waals surface area contributed by atoms with Crippen LogP contribution in [-0.4, -0.2) is 17.7 Å². The summed E-state index contributed by atoms with van der Waals surface area (Å²) in [5.41, 5.74) is 5.92. The SMILES string of the molecule is CC(C)(CN)C(=O)Nc1ccc(SC2CCCC2)cc1. The lowest BCUT2D eigenvalue weighted by atomic mass is 9.92. The van der Waals surface area contributed by atoms with Crippen molar-refractivity contribution in [1.82, 2.24) is 0 Å². The summed E-state index contributed by atoms with van der Waals surface area (Å²) in [6.07, 6.45) is 5.38. The smallest absolute Gasteiger partial charge is 0.231 e. The lowest BCUT2D eigenvalue weighted by molar-refractivity contribution is -0.123. The molecule has 0 atom stereocenters. The number of hydrogen-bond donors (Lipinski definition) is 2. The fraction of sp³-hybridized carbons (Fsp3) is 0.562. The van der Waals surface area contributed by atoms with Crippen LogP contribution in [0.2, 0.25) is 0 Å². The number of nitrogens with two attached hydrogens (primary N) is 1. The molecule has 1 aliphatic carbocycles. The van der Waals surface area contributed by atoms with Crippen LogP contribution >= 0.6 is 11.8 Å². The molecule has 0 bridgehead atoms. The van der Waals surface area contributed by atoms with Gasteiger partial charge in [0.05, 0.1) is 5.41 Å². The Bertz CT molecular complexity index is 450. The van der Waals surface area contributed by atoms with E-state index < -0.39 is 5.41 Å². The molecule has 1 aromatic carbocycles. The minimum Gasteiger partial charge on any atom is -0.329 e. The Hall–Kier alpha value is -1.00.